The van der Waals surface area contributed by atoms with Crippen LogP contribution in [0.15, 0.2) is 58.6 Å². The third-order valence-corrected chi connectivity index (χ3v) is 6.72. The average molecular weight is 508 g/mol. The summed E-state index contributed by atoms with van der Waals surface area (Å²) in [6, 6.07) is 11.6. The predicted octanol–water partition coefficient (Wildman–Crippen LogP) is 5.45. The van der Waals surface area contributed by atoms with E-state index >= 15 is 0 Å². The number of carbonyl (C=O) groups excluding carboxylic acids is 1. The summed E-state index contributed by atoms with van der Waals surface area (Å²) in [6.07, 6.45) is 4.41. The molecule has 1 unspecified atom stereocenters. The molecule has 0 bridgehead atoms. The van der Waals surface area contributed by atoms with Crippen molar-refractivity contribution in [3.8, 4) is 23.0 Å². The van der Waals surface area contributed by atoms with E-state index in [1.54, 1.807) is 34.7 Å². The predicted molar refractivity (Wildman–Crippen MR) is 142 cm³/mol. The van der Waals surface area contributed by atoms with Gasteiger partial charge in [0.2, 0.25) is 5.75 Å². The fourth-order valence-corrected chi connectivity index (χ4v) is 4.46. The maximum atomic E-state index is 12.5. The number of aliphatic imine (C=N–C) groups is 1. The lowest BCUT2D eigenvalue weighted by molar-refractivity contribution is -0.114. The zero-order chi connectivity index (χ0) is 25.7. The number of nitrogens with one attached hydrogen (secondary N) is 1. The summed E-state index contributed by atoms with van der Waals surface area (Å²) in [7, 11) is 3.06. The first kappa shape index (κ1) is 25.4. The molecule has 188 valence electrons. The molecule has 2 aliphatic rings. The van der Waals surface area contributed by atoms with Crippen molar-refractivity contribution in [3.05, 3.63) is 64.7 Å². The highest BCUT2D eigenvalue weighted by Gasteiger charge is 2.31. The van der Waals surface area contributed by atoms with Crippen molar-refractivity contribution in [2.45, 2.75) is 26.2 Å². The van der Waals surface area contributed by atoms with E-state index in [1.807, 2.05) is 12.1 Å². The van der Waals surface area contributed by atoms with Gasteiger partial charge in [-0.25, -0.2) is 0 Å². The van der Waals surface area contributed by atoms with E-state index in [0.717, 1.165) is 12.2 Å². The Bertz CT molecular complexity index is 1210. The number of carbonyl (C=O) groups is 1. The third-order valence-electron chi connectivity index (χ3n) is 5.97. The van der Waals surface area contributed by atoms with E-state index in [2.05, 4.69) is 31.0 Å². The summed E-state index contributed by atoms with van der Waals surface area (Å²) in [5.41, 5.74) is 2.09. The Kier molecular flexibility index (Phi) is 8.00. The highest BCUT2D eigenvalue weighted by atomic mass is 32.2. The van der Waals surface area contributed by atoms with Gasteiger partial charge in [0.05, 0.1) is 19.8 Å². The van der Waals surface area contributed by atoms with Gasteiger partial charge in [0.1, 0.15) is 24.8 Å². The second-order valence-corrected chi connectivity index (χ2v) is 9.08. The van der Waals surface area contributed by atoms with Crippen LogP contribution in [-0.4, -0.2) is 49.2 Å². The second-order valence-electron chi connectivity index (χ2n) is 8.21. The van der Waals surface area contributed by atoms with Crippen LogP contribution in [-0.2, 0) is 4.79 Å². The summed E-state index contributed by atoms with van der Waals surface area (Å²) >= 11 is 1.31. The molecule has 1 atom stereocenters. The van der Waals surface area contributed by atoms with Gasteiger partial charge in [0, 0.05) is 6.20 Å². The molecule has 2 aromatic carbocycles. The monoisotopic (exact) mass is 507 g/mol. The molecule has 0 radical (unpaired) electrons. The highest BCUT2D eigenvalue weighted by Crippen LogP contribution is 2.39. The Morgan fingerprint density at radius 3 is 2.39 bits per heavy atom. The van der Waals surface area contributed by atoms with Crippen molar-refractivity contribution < 1.29 is 23.7 Å². The number of benzene rings is 2. The van der Waals surface area contributed by atoms with Gasteiger partial charge in [0.25, 0.3) is 5.91 Å². The van der Waals surface area contributed by atoms with Gasteiger partial charge in [-0.1, -0.05) is 37.7 Å². The van der Waals surface area contributed by atoms with Crippen molar-refractivity contribution in [1.82, 2.24) is 4.90 Å². The minimum absolute atomic E-state index is 0.0684. The van der Waals surface area contributed by atoms with E-state index in [-0.39, 0.29) is 18.0 Å². The molecule has 0 aliphatic carbocycles. The molecular formula is C27H29N3O5S. The molecule has 0 saturated heterocycles. The lowest BCUT2D eigenvalue weighted by Gasteiger charge is -2.22. The standard InChI is InChI=1S/C27H29N3O5S/c1-5-17(2)19-6-8-20(9-7-19)34-11-12-35-24-22(32-3)15-18(16-23(24)33-4)14-21-25(28)30-10-13-36-27(30)29-26(21)31/h6-10,13-17,28H,5,11-12H2,1-4H3. The molecule has 36 heavy (non-hydrogen) atoms. The number of ether oxygens (including phenoxy) is 4. The van der Waals surface area contributed by atoms with Crippen LogP contribution in [0.1, 0.15) is 37.3 Å². The molecule has 1 amide bonds. The van der Waals surface area contributed by atoms with Crippen LogP contribution in [0, 0.1) is 5.41 Å². The largest absolute Gasteiger partial charge is 0.493 e. The molecule has 9 heteroatoms. The Morgan fingerprint density at radius 1 is 1.08 bits per heavy atom. The summed E-state index contributed by atoms with van der Waals surface area (Å²) in [4.78, 5) is 18.2. The molecule has 0 fully saturated rings. The first-order valence-electron chi connectivity index (χ1n) is 11.6. The van der Waals surface area contributed by atoms with Crippen molar-refractivity contribution in [2.75, 3.05) is 27.4 Å². The van der Waals surface area contributed by atoms with E-state index in [4.69, 9.17) is 24.4 Å². The molecular weight excluding hydrogens is 478 g/mol. The molecule has 0 aromatic heterocycles. The van der Waals surface area contributed by atoms with Crippen molar-refractivity contribution in [1.29, 1.82) is 5.41 Å². The number of amidine groups is 2. The van der Waals surface area contributed by atoms with Gasteiger partial charge in [-0.3, -0.25) is 15.1 Å². The fourth-order valence-electron chi connectivity index (χ4n) is 3.76. The lowest BCUT2D eigenvalue weighted by atomic mass is 9.99. The molecule has 1 N–H and O–H groups in total. The summed E-state index contributed by atoms with van der Waals surface area (Å²) in [5, 5.41) is 10.7. The molecule has 8 nitrogen and oxygen atoms in total. The van der Waals surface area contributed by atoms with Crippen molar-refractivity contribution >= 4 is 34.7 Å². The topological polar surface area (TPSA) is 93.4 Å². The number of methoxy groups -OCH3 is 2. The van der Waals surface area contributed by atoms with E-state index in [9.17, 15) is 4.79 Å². The number of hydrogen-bond donors (Lipinski definition) is 1. The number of amides is 1. The first-order chi connectivity index (χ1) is 17.4. The maximum absolute atomic E-state index is 12.5. The molecule has 2 aromatic rings. The SMILES string of the molecule is CCC(C)c1ccc(OCCOc2c(OC)cc(C=C3C(=N)N4C=CSC4=NC3=O)cc2OC)cc1. The summed E-state index contributed by atoms with van der Waals surface area (Å²) < 4.78 is 22.8. The zero-order valence-electron chi connectivity index (χ0n) is 20.7. The highest BCUT2D eigenvalue weighted by molar-refractivity contribution is 8.16. The maximum Gasteiger partial charge on any atom is 0.283 e. The van der Waals surface area contributed by atoms with Gasteiger partial charge in [-0.15, -0.1) is 0 Å². The Morgan fingerprint density at radius 2 is 1.75 bits per heavy atom. The number of thioether (sulfide) groups is 1. The Labute approximate surface area is 215 Å². The van der Waals surface area contributed by atoms with Crippen molar-refractivity contribution in [2.24, 2.45) is 4.99 Å². The van der Waals surface area contributed by atoms with Crippen LogP contribution in [0.2, 0.25) is 0 Å². The Hall–Kier alpha value is -3.72. The molecule has 2 heterocycles. The summed E-state index contributed by atoms with van der Waals surface area (Å²) in [6.45, 7) is 5.00. The number of hydrogen-bond acceptors (Lipinski definition) is 7. The van der Waals surface area contributed by atoms with Crippen molar-refractivity contribution in [3.63, 3.8) is 0 Å². The van der Waals surface area contributed by atoms with Crippen LogP contribution in [0.25, 0.3) is 6.08 Å². The smallest absolute Gasteiger partial charge is 0.283 e. The van der Waals surface area contributed by atoms with E-state index < -0.39 is 5.91 Å². The summed E-state index contributed by atoms with van der Waals surface area (Å²) in [5.74, 6) is 2.22. The zero-order valence-corrected chi connectivity index (χ0v) is 21.6. The van der Waals surface area contributed by atoms with Gasteiger partial charge in [0.15, 0.2) is 16.7 Å². The average Bonchev–Trinajstić information content (AvgIpc) is 3.37. The first-order valence-corrected chi connectivity index (χ1v) is 12.5. The number of nitrogens with zero attached hydrogens (tertiary/aromatic N) is 2. The van der Waals surface area contributed by atoms with E-state index in [0.29, 0.717) is 40.5 Å². The third kappa shape index (κ3) is 5.41. The molecule has 2 aliphatic heterocycles. The second kappa shape index (κ2) is 11.3. The molecule has 0 saturated carbocycles. The van der Waals surface area contributed by atoms with Gasteiger partial charge < -0.3 is 18.9 Å². The number of rotatable bonds is 10. The quantitative estimate of drug-likeness (QED) is 0.337. The Balaban J connectivity index is 1.45. The van der Waals surface area contributed by atoms with Gasteiger partial charge in [-0.2, -0.15) is 4.99 Å². The van der Waals surface area contributed by atoms with Crippen LogP contribution in [0.3, 0.4) is 0 Å². The van der Waals surface area contributed by atoms with Crippen LogP contribution in [0.4, 0.5) is 0 Å². The van der Waals surface area contributed by atoms with Crippen LogP contribution >= 0.6 is 11.8 Å². The van der Waals surface area contributed by atoms with Crippen LogP contribution < -0.4 is 18.9 Å². The van der Waals surface area contributed by atoms with Gasteiger partial charge >= 0.3 is 0 Å². The normalized spacial score (nSPS) is 16.6. The number of fused-ring (bicyclic) bond motifs is 1. The van der Waals surface area contributed by atoms with Crippen LogP contribution in [0.5, 0.6) is 23.0 Å². The molecule has 0 spiro atoms. The minimum atomic E-state index is -0.463. The van der Waals surface area contributed by atoms with Gasteiger partial charge in [-0.05, 0) is 59.2 Å². The fraction of sp³-hybridized carbons (Fsp3) is 0.296. The minimum Gasteiger partial charge on any atom is -0.493 e. The lowest BCUT2D eigenvalue weighted by Crippen LogP contribution is -2.35. The molecule has 4 rings (SSSR count). The van der Waals surface area contributed by atoms with E-state index in [1.165, 1.54) is 31.5 Å².